The molecule has 0 fully saturated rings. The topological polar surface area (TPSA) is 59.1 Å². The summed E-state index contributed by atoms with van der Waals surface area (Å²) in [6.45, 7) is 1.69. The first-order valence-corrected chi connectivity index (χ1v) is 4.97. The Hall–Kier alpha value is -1.45. The molecule has 15 heavy (non-hydrogen) atoms. The Morgan fingerprint density at radius 2 is 2.00 bits per heavy atom. The normalized spacial score (nSPS) is 15.1. The minimum atomic E-state index is -0.559. The van der Waals surface area contributed by atoms with Crippen LogP contribution in [0.3, 0.4) is 0 Å². The zero-order chi connectivity index (χ0) is 10.8. The fourth-order valence-corrected chi connectivity index (χ4v) is 1.67. The largest absolute Gasteiger partial charge is 0.391 e. The van der Waals surface area contributed by atoms with E-state index in [4.69, 9.17) is 5.73 Å². The summed E-state index contributed by atoms with van der Waals surface area (Å²) in [4.78, 5) is 4.25. The van der Waals surface area contributed by atoms with Gasteiger partial charge in [-0.25, -0.2) is 0 Å². The number of aromatic nitrogens is 1. The lowest BCUT2D eigenvalue weighted by Gasteiger charge is -2.16. The van der Waals surface area contributed by atoms with Crippen molar-refractivity contribution in [3.8, 4) is 0 Å². The van der Waals surface area contributed by atoms with Gasteiger partial charge in [-0.15, -0.1) is 0 Å². The predicted octanol–water partition coefficient (Wildman–Crippen LogP) is 1.62. The van der Waals surface area contributed by atoms with E-state index in [2.05, 4.69) is 4.98 Å². The number of pyridine rings is 1. The van der Waals surface area contributed by atoms with Gasteiger partial charge >= 0.3 is 0 Å². The highest BCUT2D eigenvalue weighted by molar-refractivity contribution is 5.82. The molecular formula is C12H14N2O. The van der Waals surface area contributed by atoms with E-state index in [9.17, 15) is 5.11 Å². The number of para-hydroxylation sites is 1. The molecule has 1 heterocycles. The van der Waals surface area contributed by atoms with E-state index in [1.54, 1.807) is 13.1 Å². The Labute approximate surface area is 88.6 Å². The number of aliphatic hydroxyl groups is 1. The molecule has 0 bridgehead atoms. The third-order valence-corrected chi connectivity index (χ3v) is 2.56. The van der Waals surface area contributed by atoms with Gasteiger partial charge in [-0.2, -0.15) is 0 Å². The summed E-state index contributed by atoms with van der Waals surface area (Å²) >= 11 is 0. The molecule has 78 valence electrons. The van der Waals surface area contributed by atoms with Crippen molar-refractivity contribution in [2.45, 2.75) is 19.1 Å². The van der Waals surface area contributed by atoms with Crippen molar-refractivity contribution in [3.63, 3.8) is 0 Å². The van der Waals surface area contributed by atoms with Crippen LogP contribution >= 0.6 is 0 Å². The molecular weight excluding hydrogens is 188 g/mol. The van der Waals surface area contributed by atoms with Crippen molar-refractivity contribution in [2.24, 2.45) is 5.73 Å². The summed E-state index contributed by atoms with van der Waals surface area (Å²) in [6.07, 6.45) is 1.16. The molecule has 3 heteroatoms. The average Bonchev–Trinajstić information content (AvgIpc) is 2.27. The summed E-state index contributed by atoms with van der Waals surface area (Å²) in [7, 11) is 0. The first kappa shape index (κ1) is 10.1. The van der Waals surface area contributed by atoms with Crippen LogP contribution in [0.15, 0.2) is 36.5 Å². The smallest absolute Gasteiger partial charge is 0.0705 e. The minimum Gasteiger partial charge on any atom is -0.391 e. The van der Waals surface area contributed by atoms with Gasteiger partial charge in [0.25, 0.3) is 0 Å². The van der Waals surface area contributed by atoms with Crippen LogP contribution in [0, 0.1) is 0 Å². The van der Waals surface area contributed by atoms with E-state index in [1.165, 1.54) is 0 Å². The van der Waals surface area contributed by atoms with E-state index in [0.29, 0.717) is 0 Å². The highest BCUT2D eigenvalue weighted by Crippen LogP contribution is 2.22. The van der Waals surface area contributed by atoms with Crippen molar-refractivity contribution >= 4 is 10.9 Å². The lowest BCUT2D eigenvalue weighted by atomic mass is 9.99. The predicted molar refractivity (Wildman–Crippen MR) is 60.4 cm³/mol. The van der Waals surface area contributed by atoms with Crippen LogP contribution in [0.5, 0.6) is 0 Å². The van der Waals surface area contributed by atoms with Crippen LogP contribution in [0.25, 0.3) is 10.9 Å². The Morgan fingerprint density at radius 1 is 1.27 bits per heavy atom. The number of hydrogen-bond donors (Lipinski definition) is 2. The maximum absolute atomic E-state index is 9.49. The van der Waals surface area contributed by atoms with Crippen molar-refractivity contribution in [1.29, 1.82) is 0 Å². The van der Waals surface area contributed by atoms with Crippen molar-refractivity contribution < 1.29 is 5.11 Å². The van der Waals surface area contributed by atoms with Crippen LogP contribution in [-0.2, 0) is 0 Å². The number of nitrogens with zero attached hydrogens (tertiary/aromatic N) is 1. The second-order valence-corrected chi connectivity index (χ2v) is 3.68. The molecule has 0 spiro atoms. The standard InChI is InChI=1S/C12H14N2O/c1-8(15)12(13)10-6-7-14-11-5-3-2-4-9(10)11/h2-8,12,15H,13H2,1H3/t8?,12-/m0/s1. The van der Waals surface area contributed by atoms with E-state index in [1.807, 2.05) is 30.3 Å². The summed E-state index contributed by atoms with van der Waals surface area (Å²) in [5, 5.41) is 10.5. The van der Waals surface area contributed by atoms with Gasteiger partial charge in [0.2, 0.25) is 0 Å². The molecule has 0 aliphatic heterocycles. The van der Waals surface area contributed by atoms with Gasteiger partial charge in [0.15, 0.2) is 0 Å². The van der Waals surface area contributed by atoms with Crippen molar-refractivity contribution in [3.05, 3.63) is 42.1 Å². The molecule has 1 aromatic carbocycles. The fourth-order valence-electron chi connectivity index (χ4n) is 1.67. The minimum absolute atomic E-state index is 0.363. The lowest BCUT2D eigenvalue weighted by molar-refractivity contribution is 0.165. The molecule has 2 atom stereocenters. The Balaban J connectivity index is 2.60. The maximum atomic E-state index is 9.49. The molecule has 0 aliphatic rings. The molecule has 2 aromatic rings. The molecule has 0 saturated carbocycles. The molecule has 3 N–H and O–H groups in total. The molecule has 0 amide bonds. The number of aliphatic hydroxyl groups excluding tert-OH is 1. The average molecular weight is 202 g/mol. The Morgan fingerprint density at radius 3 is 2.73 bits per heavy atom. The Bertz CT molecular complexity index is 463. The van der Waals surface area contributed by atoms with Gasteiger partial charge in [0.1, 0.15) is 0 Å². The number of nitrogens with two attached hydrogens (primary N) is 1. The second kappa shape index (κ2) is 3.96. The molecule has 0 radical (unpaired) electrons. The zero-order valence-electron chi connectivity index (χ0n) is 8.59. The molecule has 1 aromatic heterocycles. The third-order valence-electron chi connectivity index (χ3n) is 2.56. The highest BCUT2D eigenvalue weighted by Gasteiger charge is 2.14. The van der Waals surface area contributed by atoms with E-state index in [0.717, 1.165) is 16.5 Å². The van der Waals surface area contributed by atoms with Gasteiger partial charge in [-0.05, 0) is 24.6 Å². The molecule has 2 rings (SSSR count). The molecule has 0 aliphatic carbocycles. The summed E-state index contributed by atoms with van der Waals surface area (Å²) in [6, 6.07) is 9.29. The zero-order valence-corrected chi connectivity index (χ0v) is 8.59. The monoisotopic (exact) mass is 202 g/mol. The van der Waals surface area contributed by atoms with Crippen LogP contribution in [0.4, 0.5) is 0 Å². The van der Waals surface area contributed by atoms with Gasteiger partial charge in [0.05, 0.1) is 17.7 Å². The van der Waals surface area contributed by atoms with Gasteiger partial charge in [-0.1, -0.05) is 18.2 Å². The van der Waals surface area contributed by atoms with Gasteiger partial charge in [0, 0.05) is 11.6 Å². The Kier molecular flexibility index (Phi) is 2.66. The number of rotatable bonds is 2. The van der Waals surface area contributed by atoms with E-state index >= 15 is 0 Å². The van der Waals surface area contributed by atoms with Crippen molar-refractivity contribution in [1.82, 2.24) is 4.98 Å². The van der Waals surface area contributed by atoms with Crippen molar-refractivity contribution in [2.75, 3.05) is 0 Å². The van der Waals surface area contributed by atoms with Crippen LogP contribution < -0.4 is 5.73 Å². The molecule has 0 saturated heterocycles. The third kappa shape index (κ3) is 1.84. The number of benzene rings is 1. The van der Waals surface area contributed by atoms with Gasteiger partial charge in [-0.3, -0.25) is 4.98 Å². The van der Waals surface area contributed by atoms with Crippen LogP contribution in [0.1, 0.15) is 18.5 Å². The van der Waals surface area contributed by atoms with Gasteiger partial charge < -0.3 is 10.8 Å². The number of hydrogen-bond acceptors (Lipinski definition) is 3. The number of fused-ring (bicyclic) bond motifs is 1. The molecule has 3 nitrogen and oxygen atoms in total. The summed E-state index contributed by atoms with van der Waals surface area (Å²) < 4.78 is 0. The first-order valence-electron chi connectivity index (χ1n) is 4.97. The summed E-state index contributed by atoms with van der Waals surface area (Å²) in [5.74, 6) is 0. The molecule has 1 unspecified atom stereocenters. The fraction of sp³-hybridized carbons (Fsp3) is 0.250. The van der Waals surface area contributed by atoms with Crippen LogP contribution in [0.2, 0.25) is 0 Å². The summed E-state index contributed by atoms with van der Waals surface area (Å²) in [5.41, 5.74) is 7.77. The maximum Gasteiger partial charge on any atom is 0.0705 e. The quantitative estimate of drug-likeness (QED) is 0.778. The SMILES string of the molecule is CC(O)[C@H](N)c1ccnc2ccccc12. The van der Waals surface area contributed by atoms with Crippen LogP contribution in [-0.4, -0.2) is 16.2 Å². The van der Waals surface area contributed by atoms with E-state index < -0.39 is 6.10 Å². The first-order chi connectivity index (χ1) is 7.20. The lowest BCUT2D eigenvalue weighted by Crippen LogP contribution is -2.23. The second-order valence-electron chi connectivity index (χ2n) is 3.68. The highest BCUT2D eigenvalue weighted by atomic mass is 16.3. The van der Waals surface area contributed by atoms with E-state index in [-0.39, 0.29) is 6.04 Å².